The van der Waals surface area contributed by atoms with Crippen LogP contribution in [0.25, 0.3) is 0 Å². The average Bonchev–Trinajstić information content (AvgIpc) is 2.80. The Balaban J connectivity index is 2.27. The third-order valence-corrected chi connectivity index (χ3v) is 3.24. The van der Waals surface area contributed by atoms with Crippen LogP contribution in [0.5, 0.6) is 0 Å². The summed E-state index contributed by atoms with van der Waals surface area (Å²) in [6, 6.07) is 0. The van der Waals surface area contributed by atoms with Crippen LogP contribution in [0.1, 0.15) is 23.1 Å². The number of aryl methyl sites for hydroxylation is 2. The van der Waals surface area contributed by atoms with Crippen LogP contribution < -0.4 is 5.73 Å². The van der Waals surface area contributed by atoms with Crippen LogP contribution in [-0.2, 0) is 13.5 Å². The van der Waals surface area contributed by atoms with Crippen molar-refractivity contribution in [3.05, 3.63) is 11.4 Å². The van der Waals surface area contributed by atoms with Gasteiger partial charge in [-0.2, -0.15) is 5.10 Å². The highest BCUT2D eigenvalue weighted by Crippen LogP contribution is 2.21. The van der Waals surface area contributed by atoms with Crippen molar-refractivity contribution >= 4 is 11.6 Å². The number of hydrogen-bond acceptors (Lipinski definition) is 5. The first-order chi connectivity index (χ1) is 8.45. The number of carbonyl (C=O) groups excluding carboxylic acids is 1. The molecule has 2 heterocycles. The van der Waals surface area contributed by atoms with Gasteiger partial charge in [-0.05, 0) is 6.42 Å². The van der Waals surface area contributed by atoms with Gasteiger partial charge in [-0.3, -0.25) is 9.48 Å². The Morgan fingerprint density at radius 1 is 1.44 bits per heavy atom. The smallest absolute Gasteiger partial charge is 0.274 e. The van der Waals surface area contributed by atoms with Crippen LogP contribution in [-0.4, -0.2) is 56.1 Å². The van der Waals surface area contributed by atoms with E-state index in [0.717, 1.165) is 0 Å². The zero-order valence-corrected chi connectivity index (χ0v) is 10.5. The summed E-state index contributed by atoms with van der Waals surface area (Å²) in [4.78, 5) is 13.7. The number of rotatable bonds is 2. The van der Waals surface area contributed by atoms with Gasteiger partial charge < -0.3 is 20.8 Å². The maximum absolute atomic E-state index is 12.3. The molecule has 1 aromatic rings. The summed E-state index contributed by atoms with van der Waals surface area (Å²) in [5.41, 5.74) is 7.27. The number of β-amino-alcohol motifs (C(OH)–C–C–N with tert-alkyl or cyclic N) is 2. The summed E-state index contributed by atoms with van der Waals surface area (Å²) in [7, 11) is 1.66. The molecule has 100 valence electrons. The summed E-state index contributed by atoms with van der Waals surface area (Å²) >= 11 is 0. The van der Waals surface area contributed by atoms with Crippen LogP contribution in [0.15, 0.2) is 0 Å². The molecule has 1 aliphatic heterocycles. The van der Waals surface area contributed by atoms with Crippen LogP contribution in [0, 0.1) is 0 Å². The number of anilines is 1. The Labute approximate surface area is 105 Å². The van der Waals surface area contributed by atoms with E-state index in [2.05, 4.69) is 5.10 Å². The van der Waals surface area contributed by atoms with Crippen molar-refractivity contribution in [1.82, 2.24) is 14.7 Å². The topological polar surface area (TPSA) is 105 Å². The van der Waals surface area contributed by atoms with Crippen molar-refractivity contribution in [3.63, 3.8) is 0 Å². The predicted octanol–water partition coefficient (Wildman–Crippen LogP) is -1.26. The lowest BCUT2D eigenvalue weighted by molar-refractivity contribution is 0.0572. The molecule has 0 unspecified atom stereocenters. The van der Waals surface area contributed by atoms with Crippen LogP contribution in [0.3, 0.4) is 0 Å². The number of nitrogens with zero attached hydrogens (tertiary/aromatic N) is 3. The Morgan fingerprint density at radius 2 is 2.00 bits per heavy atom. The molecule has 2 atom stereocenters. The SMILES string of the molecule is CCc1nn(C)c(C(=O)N2C[C@@H](O)[C@@H](O)C2)c1N. The predicted molar refractivity (Wildman–Crippen MR) is 64.9 cm³/mol. The molecule has 4 N–H and O–H groups in total. The molecule has 0 spiro atoms. The van der Waals surface area contributed by atoms with Gasteiger partial charge >= 0.3 is 0 Å². The molecule has 1 amide bonds. The number of likely N-dealkylation sites (tertiary alicyclic amines) is 1. The molecule has 1 fully saturated rings. The highest BCUT2D eigenvalue weighted by Gasteiger charge is 2.35. The second-order valence-corrected chi connectivity index (χ2v) is 4.53. The third kappa shape index (κ3) is 1.95. The number of amides is 1. The van der Waals surface area contributed by atoms with Gasteiger partial charge in [0, 0.05) is 20.1 Å². The molecule has 1 aromatic heterocycles. The molecular formula is C11H18N4O3. The quantitative estimate of drug-likeness (QED) is 0.611. The summed E-state index contributed by atoms with van der Waals surface area (Å²) in [5.74, 6) is -0.308. The van der Waals surface area contributed by atoms with Crippen LogP contribution in [0.4, 0.5) is 5.69 Å². The minimum absolute atomic E-state index is 0.117. The lowest BCUT2D eigenvalue weighted by Gasteiger charge is -2.15. The van der Waals surface area contributed by atoms with E-state index in [4.69, 9.17) is 5.73 Å². The van der Waals surface area contributed by atoms with E-state index >= 15 is 0 Å². The first-order valence-electron chi connectivity index (χ1n) is 5.92. The summed E-state index contributed by atoms with van der Waals surface area (Å²) in [5, 5.41) is 23.1. The number of aliphatic hydroxyl groups is 2. The monoisotopic (exact) mass is 254 g/mol. The van der Waals surface area contributed by atoms with Crippen molar-refractivity contribution in [3.8, 4) is 0 Å². The Kier molecular flexibility index (Phi) is 3.27. The Bertz CT molecular complexity index is 461. The number of nitrogen functional groups attached to an aromatic ring is 1. The number of hydrogen-bond donors (Lipinski definition) is 3. The number of carbonyl (C=O) groups is 1. The highest BCUT2D eigenvalue weighted by atomic mass is 16.3. The van der Waals surface area contributed by atoms with E-state index in [1.165, 1.54) is 9.58 Å². The van der Waals surface area contributed by atoms with Crippen molar-refractivity contribution in [2.45, 2.75) is 25.6 Å². The Hall–Kier alpha value is -1.60. The van der Waals surface area contributed by atoms with Gasteiger partial charge in [0.25, 0.3) is 5.91 Å². The second kappa shape index (κ2) is 4.58. The van der Waals surface area contributed by atoms with Crippen molar-refractivity contribution in [2.24, 2.45) is 7.05 Å². The fourth-order valence-electron chi connectivity index (χ4n) is 2.20. The lowest BCUT2D eigenvalue weighted by Crippen LogP contribution is -2.31. The fourth-order valence-corrected chi connectivity index (χ4v) is 2.20. The number of aliphatic hydroxyl groups excluding tert-OH is 2. The molecule has 18 heavy (non-hydrogen) atoms. The second-order valence-electron chi connectivity index (χ2n) is 4.53. The maximum Gasteiger partial charge on any atom is 0.274 e. The van der Waals surface area contributed by atoms with Crippen LogP contribution in [0.2, 0.25) is 0 Å². The molecule has 0 saturated carbocycles. The van der Waals surface area contributed by atoms with E-state index in [1.54, 1.807) is 7.05 Å². The van der Waals surface area contributed by atoms with E-state index in [9.17, 15) is 15.0 Å². The van der Waals surface area contributed by atoms with E-state index in [1.807, 2.05) is 6.92 Å². The zero-order chi connectivity index (χ0) is 13.4. The maximum atomic E-state index is 12.3. The lowest BCUT2D eigenvalue weighted by atomic mass is 10.2. The zero-order valence-electron chi connectivity index (χ0n) is 10.5. The van der Waals surface area contributed by atoms with E-state index < -0.39 is 12.2 Å². The van der Waals surface area contributed by atoms with Crippen LogP contribution >= 0.6 is 0 Å². The van der Waals surface area contributed by atoms with Gasteiger partial charge in [0.05, 0.1) is 23.6 Å². The standard InChI is InChI=1S/C11H18N4O3/c1-3-6-9(12)10(14(2)13-6)11(18)15-4-7(16)8(17)5-15/h7-8,16-17H,3-5,12H2,1-2H3/t7-,8+. The van der Waals surface area contributed by atoms with Gasteiger partial charge in [-0.1, -0.05) is 6.92 Å². The van der Waals surface area contributed by atoms with Gasteiger partial charge in [-0.15, -0.1) is 0 Å². The number of nitrogens with two attached hydrogens (primary N) is 1. The minimum atomic E-state index is -0.894. The van der Waals surface area contributed by atoms with Crippen molar-refractivity contribution in [1.29, 1.82) is 0 Å². The summed E-state index contributed by atoms with van der Waals surface area (Å²) < 4.78 is 1.45. The first-order valence-corrected chi connectivity index (χ1v) is 5.92. The summed E-state index contributed by atoms with van der Waals surface area (Å²) in [6.07, 6.45) is -1.14. The Morgan fingerprint density at radius 3 is 2.44 bits per heavy atom. The van der Waals surface area contributed by atoms with Gasteiger partial charge in [0.15, 0.2) is 0 Å². The minimum Gasteiger partial charge on any atom is -0.395 e. The van der Waals surface area contributed by atoms with Gasteiger partial charge in [0.2, 0.25) is 0 Å². The van der Waals surface area contributed by atoms with Gasteiger partial charge in [-0.25, -0.2) is 0 Å². The van der Waals surface area contributed by atoms with Gasteiger partial charge in [0.1, 0.15) is 5.69 Å². The van der Waals surface area contributed by atoms with Crippen molar-refractivity contribution < 1.29 is 15.0 Å². The fraction of sp³-hybridized carbons (Fsp3) is 0.636. The largest absolute Gasteiger partial charge is 0.395 e. The molecule has 0 aliphatic carbocycles. The molecule has 0 radical (unpaired) electrons. The molecule has 7 heteroatoms. The highest BCUT2D eigenvalue weighted by molar-refractivity contribution is 5.98. The summed E-state index contributed by atoms with van der Waals surface area (Å²) in [6.45, 7) is 2.15. The molecule has 1 saturated heterocycles. The molecule has 7 nitrogen and oxygen atoms in total. The van der Waals surface area contributed by atoms with Crippen molar-refractivity contribution in [2.75, 3.05) is 18.8 Å². The molecule has 0 bridgehead atoms. The molecule has 1 aliphatic rings. The molecular weight excluding hydrogens is 236 g/mol. The number of aromatic nitrogens is 2. The van der Waals surface area contributed by atoms with E-state index in [-0.39, 0.29) is 19.0 Å². The normalized spacial score (nSPS) is 23.7. The molecule has 2 rings (SSSR count). The average molecular weight is 254 g/mol. The molecule has 0 aromatic carbocycles. The first kappa shape index (κ1) is 12.8. The third-order valence-electron chi connectivity index (χ3n) is 3.24. The van der Waals surface area contributed by atoms with E-state index in [0.29, 0.717) is 23.5 Å².